The minimum Gasteiger partial charge on any atom is -0.481 e. The maximum Gasteiger partial charge on any atom is 0.223 e. The molecule has 88 valence electrons. The second kappa shape index (κ2) is 5.12. The lowest BCUT2D eigenvalue weighted by Crippen LogP contribution is -2.16. The zero-order chi connectivity index (χ0) is 11.4. The highest BCUT2D eigenvalue weighted by atomic mass is 16.5. The molecule has 0 aromatic carbocycles. The van der Waals surface area contributed by atoms with Crippen molar-refractivity contribution in [3.05, 3.63) is 11.9 Å². The van der Waals surface area contributed by atoms with Gasteiger partial charge in [-0.3, -0.25) is 0 Å². The third kappa shape index (κ3) is 2.41. The van der Waals surface area contributed by atoms with E-state index in [9.17, 15) is 0 Å². The second-order valence-corrected chi connectivity index (χ2v) is 3.98. The van der Waals surface area contributed by atoms with Crippen LogP contribution in [-0.4, -0.2) is 36.8 Å². The van der Waals surface area contributed by atoms with Gasteiger partial charge in [-0.1, -0.05) is 0 Å². The molecule has 1 aromatic rings. The van der Waals surface area contributed by atoms with Crippen LogP contribution in [0.1, 0.15) is 12.0 Å². The van der Waals surface area contributed by atoms with Crippen molar-refractivity contribution in [3.8, 4) is 11.8 Å². The van der Waals surface area contributed by atoms with Crippen molar-refractivity contribution >= 4 is 0 Å². The molecular weight excluding hydrogens is 206 g/mol. The number of methoxy groups -OCH3 is 1. The van der Waals surface area contributed by atoms with Crippen LogP contribution in [0.3, 0.4) is 0 Å². The summed E-state index contributed by atoms with van der Waals surface area (Å²) in [6.45, 7) is 4.72. The van der Waals surface area contributed by atoms with E-state index >= 15 is 0 Å². The Morgan fingerprint density at radius 3 is 2.94 bits per heavy atom. The summed E-state index contributed by atoms with van der Waals surface area (Å²) in [6.07, 6.45) is 2.63. The highest BCUT2D eigenvalue weighted by Gasteiger charge is 2.16. The summed E-state index contributed by atoms with van der Waals surface area (Å²) in [5, 5.41) is 3.31. The van der Waals surface area contributed by atoms with E-state index in [1.165, 1.54) is 12.7 Å². The first-order valence-electron chi connectivity index (χ1n) is 5.50. The van der Waals surface area contributed by atoms with Crippen LogP contribution in [0.25, 0.3) is 0 Å². The fourth-order valence-electron chi connectivity index (χ4n) is 1.82. The molecule has 1 aliphatic heterocycles. The van der Waals surface area contributed by atoms with Crippen molar-refractivity contribution in [3.63, 3.8) is 0 Å². The van der Waals surface area contributed by atoms with E-state index in [4.69, 9.17) is 9.47 Å². The third-order valence-electron chi connectivity index (χ3n) is 2.80. The maximum absolute atomic E-state index is 5.69. The Labute approximate surface area is 95.2 Å². The topological polar surface area (TPSA) is 56.3 Å². The van der Waals surface area contributed by atoms with E-state index in [2.05, 4.69) is 15.3 Å². The van der Waals surface area contributed by atoms with Gasteiger partial charge < -0.3 is 14.8 Å². The predicted molar refractivity (Wildman–Crippen MR) is 59.8 cm³/mol. The predicted octanol–water partition coefficient (Wildman–Crippen LogP) is 0.782. The Morgan fingerprint density at radius 1 is 1.44 bits per heavy atom. The molecule has 1 atom stereocenters. The van der Waals surface area contributed by atoms with Gasteiger partial charge in [0.2, 0.25) is 11.8 Å². The van der Waals surface area contributed by atoms with Gasteiger partial charge in [0.05, 0.1) is 19.3 Å². The fourth-order valence-corrected chi connectivity index (χ4v) is 1.82. The van der Waals surface area contributed by atoms with Gasteiger partial charge in [-0.05, 0) is 19.9 Å². The lowest BCUT2D eigenvalue weighted by Gasteiger charge is -2.12. The quantitative estimate of drug-likeness (QED) is 0.817. The Kier molecular flexibility index (Phi) is 3.56. The number of aromatic nitrogens is 2. The molecule has 1 unspecified atom stereocenters. The van der Waals surface area contributed by atoms with Crippen LogP contribution >= 0.6 is 0 Å². The molecule has 0 aliphatic carbocycles. The van der Waals surface area contributed by atoms with E-state index in [-0.39, 0.29) is 0 Å². The van der Waals surface area contributed by atoms with Gasteiger partial charge >= 0.3 is 0 Å². The smallest absolute Gasteiger partial charge is 0.223 e. The summed E-state index contributed by atoms with van der Waals surface area (Å²) >= 11 is 0. The first kappa shape index (κ1) is 11.1. The Hall–Kier alpha value is -1.36. The number of rotatable bonds is 4. The summed E-state index contributed by atoms with van der Waals surface area (Å²) in [7, 11) is 1.60. The van der Waals surface area contributed by atoms with E-state index in [1.54, 1.807) is 7.11 Å². The molecule has 5 heteroatoms. The van der Waals surface area contributed by atoms with Crippen LogP contribution in [0.5, 0.6) is 11.8 Å². The van der Waals surface area contributed by atoms with Crippen LogP contribution < -0.4 is 14.8 Å². The van der Waals surface area contributed by atoms with E-state index in [0.717, 1.165) is 18.7 Å². The second-order valence-electron chi connectivity index (χ2n) is 3.98. The van der Waals surface area contributed by atoms with E-state index in [1.807, 2.05) is 6.92 Å². The Morgan fingerprint density at radius 2 is 2.25 bits per heavy atom. The molecule has 2 heterocycles. The Balaban J connectivity index is 1.97. The summed E-state index contributed by atoms with van der Waals surface area (Å²) in [5.74, 6) is 1.79. The first-order valence-corrected chi connectivity index (χ1v) is 5.50. The molecule has 0 radical (unpaired) electrons. The Bertz CT molecular complexity index is 351. The van der Waals surface area contributed by atoms with Crippen molar-refractivity contribution in [2.45, 2.75) is 13.3 Å². The summed E-state index contributed by atoms with van der Waals surface area (Å²) < 4.78 is 10.8. The lowest BCUT2D eigenvalue weighted by atomic mass is 10.1. The van der Waals surface area contributed by atoms with Crippen molar-refractivity contribution in [2.75, 3.05) is 26.8 Å². The molecule has 0 amide bonds. The van der Waals surface area contributed by atoms with Gasteiger partial charge in [-0.25, -0.2) is 9.97 Å². The van der Waals surface area contributed by atoms with Gasteiger partial charge in [0.1, 0.15) is 6.33 Å². The van der Waals surface area contributed by atoms with Gasteiger partial charge in [0, 0.05) is 12.5 Å². The summed E-state index contributed by atoms with van der Waals surface area (Å²) in [4.78, 5) is 8.13. The molecule has 0 spiro atoms. The molecule has 0 saturated carbocycles. The van der Waals surface area contributed by atoms with E-state index in [0.29, 0.717) is 24.3 Å². The molecule has 1 aromatic heterocycles. The summed E-state index contributed by atoms with van der Waals surface area (Å²) in [5.41, 5.74) is 0.857. The molecule has 1 saturated heterocycles. The average Bonchev–Trinajstić information content (AvgIpc) is 2.81. The molecule has 1 fully saturated rings. The molecule has 1 N–H and O–H groups in total. The standard InChI is InChI=1S/C11H17N3O2/c1-8-10(15-2)13-7-14-11(8)16-6-9-3-4-12-5-9/h7,9,12H,3-6H2,1-2H3. The lowest BCUT2D eigenvalue weighted by molar-refractivity contribution is 0.246. The van der Waals surface area contributed by atoms with Crippen molar-refractivity contribution in [1.82, 2.24) is 15.3 Å². The third-order valence-corrected chi connectivity index (χ3v) is 2.80. The number of nitrogens with one attached hydrogen (secondary N) is 1. The first-order chi connectivity index (χ1) is 7.81. The molecule has 5 nitrogen and oxygen atoms in total. The van der Waals surface area contributed by atoms with Gasteiger partial charge in [0.15, 0.2) is 0 Å². The van der Waals surface area contributed by atoms with Gasteiger partial charge in [-0.2, -0.15) is 0 Å². The fraction of sp³-hybridized carbons (Fsp3) is 0.636. The number of hydrogen-bond donors (Lipinski definition) is 1. The summed E-state index contributed by atoms with van der Waals surface area (Å²) in [6, 6.07) is 0. The SMILES string of the molecule is COc1ncnc(OCC2CCNC2)c1C. The highest BCUT2D eigenvalue weighted by Crippen LogP contribution is 2.22. The van der Waals surface area contributed by atoms with Gasteiger partial charge in [0.25, 0.3) is 0 Å². The molecule has 2 rings (SSSR count). The van der Waals surface area contributed by atoms with Crippen LogP contribution in [0.15, 0.2) is 6.33 Å². The van der Waals surface area contributed by atoms with Crippen LogP contribution in [0, 0.1) is 12.8 Å². The number of nitrogens with zero attached hydrogens (tertiary/aromatic N) is 2. The average molecular weight is 223 g/mol. The molecule has 1 aliphatic rings. The van der Waals surface area contributed by atoms with Crippen LogP contribution in [0.4, 0.5) is 0 Å². The normalized spacial score (nSPS) is 19.8. The number of ether oxygens (including phenoxy) is 2. The maximum atomic E-state index is 5.69. The van der Waals surface area contributed by atoms with E-state index < -0.39 is 0 Å². The van der Waals surface area contributed by atoms with Crippen molar-refractivity contribution in [1.29, 1.82) is 0 Å². The minimum absolute atomic E-state index is 0.578. The van der Waals surface area contributed by atoms with Crippen molar-refractivity contribution in [2.24, 2.45) is 5.92 Å². The van der Waals surface area contributed by atoms with Crippen molar-refractivity contribution < 1.29 is 9.47 Å². The highest BCUT2D eigenvalue weighted by molar-refractivity contribution is 5.32. The van der Waals surface area contributed by atoms with Crippen LogP contribution in [-0.2, 0) is 0 Å². The minimum atomic E-state index is 0.578. The largest absolute Gasteiger partial charge is 0.481 e. The molecule has 0 bridgehead atoms. The van der Waals surface area contributed by atoms with Crippen LogP contribution in [0.2, 0.25) is 0 Å². The number of hydrogen-bond acceptors (Lipinski definition) is 5. The zero-order valence-electron chi connectivity index (χ0n) is 9.69. The monoisotopic (exact) mass is 223 g/mol. The zero-order valence-corrected chi connectivity index (χ0v) is 9.69. The molecular formula is C11H17N3O2. The van der Waals surface area contributed by atoms with Gasteiger partial charge in [-0.15, -0.1) is 0 Å². The molecule has 16 heavy (non-hydrogen) atoms.